The maximum absolute atomic E-state index is 13.3. The van der Waals surface area contributed by atoms with Gasteiger partial charge >= 0.3 is 0 Å². The molecule has 0 unspecified atom stereocenters. The van der Waals surface area contributed by atoms with Crippen molar-refractivity contribution in [3.05, 3.63) is 34.4 Å². The van der Waals surface area contributed by atoms with Crippen molar-refractivity contribution in [1.29, 1.82) is 0 Å². The molecular weight excluding hydrogens is 340 g/mol. The van der Waals surface area contributed by atoms with E-state index in [9.17, 15) is 8.78 Å². The minimum absolute atomic E-state index is 0.0630. The van der Waals surface area contributed by atoms with Crippen molar-refractivity contribution in [3.8, 4) is 11.1 Å². The first-order chi connectivity index (χ1) is 9.96. The summed E-state index contributed by atoms with van der Waals surface area (Å²) in [6.45, 7) is 0. The first kappa shape index (κ1) is 14.5. The summed E-state index contributed by atoms with van der Waals surface area (Å²) in [5.74, 6) is -2.04. The van der Waals surface area contributed by atoms with Gasteiger partial charge in [-0.25, -0.2) is 8.78 Å². The molecule has 21 heavy (non-hydrogen) atoms. The van der Waals surface area contributed by atoms with Crippen LogP contribution in [0, 0.1) is 0 Å². The summed E-state index contributed by atoms with van der Waals surface area (Å²) in [7, 11) is 0. The van der Waals surface area contributed by atoms with E-state index in [1.807, 2.05) is 24.3 Å². The fraction of sp³-hybridized carbons (Fsp3) is 0.400. The monoisotopic (exact) mass is 355 g/mol. The first-order valence-corrected chi connectivity index (χ1v) is 7.73. The van der Waals surface area contributed by atoms with Gasteiger partial charge in [-0.05, 0) is 30.5 Å². The third-order valence-electron chi connectivity index (χ3n) is 4.08. The van der Waals surface area contributed by atoms with Gasteiger partial charge in [0.2, 0.25) is 5.92 Å². The van der Waals surface area contributed by atoms with E-state index in [-0.39, 0.29) is 18.8 Å². The average molecular weight is 356 g/mol. The Bertz CT molecular complexity index is 627. The van der Waals surface area contributed by atoms with Crippen molar-refractivity contribution in [2.75, 3.05) is 5.73 Å². The number of alkyl halides is 2. The van der Waals surface area contributed by atoms with Gasteiger partial charge in [0, 0.05) is 34.5 Å². The molecule has 1 aliphatic rings. The van der Waals surface area contributed by atoms with Gasteiger partial charge in [0.15, 0.2) is 5.82 Å². The van der Waals surface area contributed by atoms with Crippen LogP contribution in [0.15, 0.2) is 28.7 Å². The van der Waals surface area contributed by atoms with E-state index in [0.29, 0.717) is 18.7 Å². The van der Waals surface area contributed by atoms with Crippen molar-refractivity contribution in [2.24, 2.45) is 0 Å². The second-order valence-corrected chi connectivity index (χ2v) is 6.45. The number of nitrogens with one attached hydrogen (secondary N) is 1. The number of nitrogen functional groups attached to an aromatic ring is 1. The Morgan fingerprint density at radius 3 is 2.43 bits per heavy atom. The predicted molar refractivity (Wildman–Crippen MR) is 82.3 cm³/mol. The zero-order valence-electron chi connectivity index (χ0n) is 11.4. The largest absolute Gasteiger partial charge is 0.382 e. The van der Waals surface area contributed by atoms with Gasteiger partial charge in [0.1, 0.15) is 0 Å². The highest BCUT2D eigenvalue weighted by molar-refractivity contribution is 9.10. The molecular formula is C15H16BrF2N3. The number of halogens is 3. The molecule has 1 heterocycles. The number of aromatic nitrogens is 2. The Kier molecular flexibility index (Phi) is 3.73. The van der Waals surface area contributed by atoms with Crippen molar-refractivity contribution in [1.82, 2.24) is 10.2 Å². The number of H-pyrrole nitrogens is 1. The summed E-state index contributed by atoms with van der Waals surface area (Å²) in [5.41, 5.74) is 8.65. The Balaban J connectivity index is 1.92. The topological polar surface area (TPSA) is 54.7 Å². The van der Waals surface area contributed by atoms with Crippen LogP contribution in [0.25, 0.3) is 11.1 Å². The van der Waals surface area contributed by atoms with Crippen molar-refractivity contribution in [3.63, 3.8) is 0 Å². The fourth-order valence-electron chi connectivity index (χ4n) is 2.91. The second-order valence-electron chi connectivity index (χ2n) is 5.53. The van der Waals surface area contributed by atoms with Gasteiger partial charge in [-0.15, -0.1) is 0 Å². The lowest BCUT2D eigenvalue weighted by Gasteiger charge is -2.28. The molecule has 3 N–H and O–H groups in total. The lowest BCUT2D eigenvalue weighted by Crippen LogP contribution is -2.24. The van der Waals surface area contributed by atoms with Crippen LogP contribution in [0.1, 0.15) is 37.3 Å². The zero-order valence-corrected chi connectivity index (χ0v) is 13.0. The highest BCUT2D eigenvalue weighted by Gasteiger charge is 2.37. The van der Waals surface area contributed by atoms with Gasteiger partial charge in [-0.2, -0.15) is 5.10 Å². The number of rotatable bonds is 2. The number of nitrogens with two attached hydrogens (primary N) is 1. The molecule has 3 nitrogen and oxygen atoms in total. The molecule has 0 aliphatic heterocycles. The van der Waals surface area contributed by atoms with Crippen molar-refractivity contribution < 1.29 is 8.78 Å². The summed E-state index contributed by atoms with van der Waals surface area (Å²) in [6.07, 6.45) is 0.767. The normalized spacial score (nSPS) is 18.8. The first-order valence-electron chi connectivity index (χ1n) is 6.94. The van der Waals surface area contributed by atoms with E-state index in [0.717, 1.165) is 21.3 Å². The maximum Gasteiger partial charge on any atom is 0.248 e. The van der Waals surface area contributed by atoms with Crippen LogP contribution < -0.4 is 5.73 Å². The molecule has 112 valence electrons. The number of aromatic amines is 1. The summed E-state index contributed by atoms with van der Waals surface area (Å²) in [4.78, 5) is 0. The van der Waals surface area contributed by atoms with Crippen LogP contribution in [0.2, 0.25) is 0 Å². The van der Waals surface area contributed by atoms with Crippen LogP contribution in [0.4, 0.5) is 14.6 Å². The predicted octanol–water partition coefficient (Wildman–Crippen LogP) is 4.71. The van der Waals surface area contributed by atoms with Crippen LogP contribution in [-0.4, -0.2) is 16.1 Å². The molecule has 1 aromatic heterocycles. The van der Waals surface area contributed by atoms with E-state index in [1.54, 1.807) is 0 Å². The molecule has 0 radical (unpaired) electrons. The van der Waals surface area contributed by atoms with Crippen LogP contribution in [0.5, 0.6) is 0 Å². The lowest BCUT2D eigenvalue weighted by molar-refractivity contribution is -0.0384. The summed E-state index contributed by atoms with van der Waals surface area (Å²) < 4.78 is 27.6. The van der Waals surface area contributed by atoms with E-state index >= 15 is 0 Å². The SMILES string of the molecule is Nc1n[nH]c(C2CCC(F)(F)CC2)c1-c1ccc(Br)cc1. The van der Waals surface area contributed by atoms with Crippen molar-refractivity contribution >= 4 is 21.7 Å². The molecule has 1 saturated carbocycles. The molecule has 0 bridgehead atoms. The summed E-state index contributed by atoms with van der Waals surface area (Å²) in [6, 6.07) is 7.76. The van der Waals surface area contributed by atoms with E-state index in [2.05, 4.69) is 26.1 Å². The molecule has 0 atom stereocenters. The summed E-state index contributed by atoms with van der Waals surface area (Å²) >= 11 is 3.40. The molecule has 0 saturated heterocycles. The van der Waals surface area contributed by atoms with Gasteiger partial charge in [-0.3, -0.25) is 5.10 Å². The quantitative estimate of drug-likeness (QED) is 0.819. The highest BCUT2D eigenvalue weighted by atomic mass is 79.9. The molecule has 0 amide bonds. The second kappa shape index (κ2) is 5.40. The van der Waals surface area contributed by atoms with E-state index in [1.165, 1.54) is 0 Å². The molecule has 1 aliphatic carbocycles. The fourth-order valence-corrected chi connectivity index (χ4v) is 3.18. The van der Waals surface area contributed by atoms with E-state index in [4.69, 9.17) is 5.73 Å². The van der Waals surface area contributed by atoms with Crippen LogP contribution in [0.3, 0.4) is 0 Å². The molecule has 0 spiro atoms. The number of nitrogens with zero attached hydrogens (tertiary/aromatic N) is 1. The average Bonchev–Trinajstić information content (AvgIpc) is 2.82. The van der Waals surface area contributed by atoms with Gasteiger partial charge in [0.25, 0.3) is 0 Å². The van der Waals surface area contributed by atoms with Gasteiger partial charge < -0.3 is 5.73 Å². The Hall–Kier alpha value is -1.43. The summed E-state index contributed by atoms with van der Waals surface area (Å²) in [5, 5.41) is 7.03. The molecule has 6 heteroatoms. The molecule has 1 fully saturated rings. The molecule has 3 rings (SSSR count). The standard InChI is InChI=1S/C15H16BrF2N3/c16-11-3-1-9(2-4-11)12-13(20-21-14(12)19)10-5-7-15(17,18)8-6-10/h1-4,10H,5-8H2,(H3,19,20,21). The number of benzene rings is 1. The molecule has 1 aromatic carbocycles. The number of hydrogen-bond acceptors (Lipinski definition) is 2. The minimum Gasteiger partial charge on any atom is -0.382 e. The van der Waals surface area contributed by atoms with Crippen molar-refractivity contribution in [2.45, 2.75) is 37.5 Å². The Morgan fingerprint density at radius 2 is 1.81 bits per heavy atom. The Morgan fingerprint density at radius 1 is 1.19 bits per heavy atom. The van der Waals surface area contributed by atoms with Gasteiger partial charge in [0.05, 0.1) is 0 Å². The van der Waals surface area contributed by atoms with E-state index < -0.39 is 5.92 Å². The number of hydrogen-bond donors (Lipinski definition) is 2. The molecule has 2 aromatic rings. The smallest absolute Gasteiger partial charge is 0.248 e. The van der Waals surface area contributed by atoms with Crippen LogP contribution in [-0.2, 0) is 0 Å². The highest BCUT2D eigenvalue weighted by Crippen LogP contribution is 2.44. The van der Waals surface area contributed by atoms with Crippen LogP contribution >= 0.6 is 15.9 Å². The lowest BCUT2D eigenvalue weighted by atomic mass is 9.82. The maximum atomic E-state index is 13.3. The third kappa shape index (κ3) is 2.95. The zero-order chi connectivity index (χ0) is 15.0. The number of anilines is 1. The Labute approximate surface area is 130 Å². The third-order valence-corrected chi connectivity index (χ3v) is 4.61. The minimum atomic E-state index is -2.53. The van der Waals surface area contributed by atoms with Gasteiger partial charge in [-0.1, -0.05) is 28.1 Å².